The van der Waals surface area contributed by atoms with Crippen molar-refractivity contribution in [1.29, 1.82) is 0 Å². The first-order valence-electron chi connectivity index (χ1n) is 7.61. The molecule has 0 spiro atoms. The number of hydrogen-bond donors (Lipinski definition) is 1. The molecule has 1 unspecified atom stereocenters. The van der Waals surface area contributed by atoms with Crippen LogP contribution in [0.5, 0.6) is 0 Å². The van der Waals surface area contributed by atoms with Crippen molar-refractivity contribution in [2.24, 2.45) is 0 Å². The minimum atomic E-state index is 0.562. The molecule has 2 aromatic rings. The van der Waals surface area contributed by atoms with Crippen molar-refractivity contribution < 1.29 is 0 Å². The molecule has 0 fully saturated rings. The van der Waals surface area contributed by atoms with Gasteiger partial charge in [0.2, 0.25) is 0 Å². The lowest BCUT2D eigenvalue weighted by molar-refractivity contribution is 0.553. The third kappa shape index (κ3) is 4.08. The van der Waals surface area contributed by atoms with Gasteiger partial charge in [-0.1, -0.05) is 48.9 Å². The van der Waals surface area contributed by atoms with Crippen LogP contribution in [-0.2, 0) is 13.1 Å². The molecular formula is C17H24ClN3. The van der Waals surface area contributed by atoms with Crippen molar-refractivity contribution in [3.63, 3.8) is 0 Å². The molecule has 1 atom stereocenters. The summed E-state index contributed by atoms with van der Waals surface area (Å²) in [5.41, 5.74) is 3.39. The van der Waals surface area contributed by atoms with Crippen LogP contribution in [0.1, 0.15) is 43.1 Å². The summed E-state index contributed by atoms with van der Waals surface area (Å²) in [7, 11) is 0. The van der Waals surface area contributed by atoms with E-state index >= 15 is 0 Å². The zero-order valence-corrected chi connectivity index (χ0v) is 13.8. The molecule has 2 rings (SSSR count). The van der Waals surface area contributed by atoms with E-state index in [0.29, 0.717) is 5.92 Å². The third-order valence-corrected chi connectivity index (χ3v) is 4.36. The van der Waals surface area contributed by atoms with E-state index in [1.165, 1.54) is 5.56 Å². The minimum absolute atomic E-state index is 0.562. The summed E-state index contributed by atoms with van der Waals surface area (Å²) in [4.78, 5) is 0. The molecule has 0 saturated carbocycles. The molecule has 0 aliphatic carbocycles. The van der Waals surface area contributed by atoms with E-state index < -0.39 is 0 Å². The summed E-state index contributed by atoms with van der Waals surface area (Å²) in [5.74, 6) is 0.562. The van der Waals surface area contributed by atoms with Crippen molar-refractivity contribution in [2.75, 3.05) is 6.54 Å². The van der Waals surface area contributed by atoms with Crippen LogP contribution in [0.25, 0.3) is 0 Å². The number of aryl methyl sites for hydroxylation is 2. The maximum Gasteiger partial charge on any atom is 0.0860 e. The number of benzene rings is 1. The quantitative estimate of drug-likeness (QED) is 0.779. The van der Waals surface area contributed by atoms with Gasteiger partial charge in [0.25, 0.3) is 0 Å². The zero-order valence-electron chi connectivity index (χ0n) is 13.1. The fourth-order valence-electron chi connectivity index (χ4n) is 2.51. The van der Waals surface area contributed by atoms with Crippen LogP contribution in [0.15, 0.2) is 30.3 Å². The fraction of sp³-hybridized carbons (Fsp3) is 0.471. The van der Waals surface area contributed by atoms with Gasteiger partial charge in [0.15, 0.2) is 0 Å². The molecule has 1 heterocycles. The van der Waals surface area contributed by atoms with E-state index in [0.717, 1.165) is 42.5 Å². The first-order chi connectivity index (χ1) is 10.1. The standard InChI is InChI=1S/C17H24ClN3/c1-4-21-16(17(18)14(3)20-21)12-19-11-10-13(2)15-8-6-5-7-9-15/h5-9,13,19H,4,10-12H2,1-3H3. The van der Waals surface area contributed by atoms with Crippen LogP contribution in [0.2, 0.25) is 5.02 Å². The van der Waals surface area contributed by atoms with E-state index in [9.17, 15) is 0 Å². The summed E-state index contributed by atoms with van der Waals surface area (Å²) in [6, 6.07) is 10.6. The lowest BCUT2D eigenvalue weighted by atomic mass is 9.98. The maximum absolute atomic E-state index is 6.31. The zero-order chi connectivity index (χ0) is 15.2. The third-order valence-electron chi connectivity index (χ3n) is 3.87. The van der Waals surface area contributed by atoms with E-state index in [2.05, 4.69) is 54.6 Å². The molecule has 1 aromatic heterocycles. The number of aromatic nitrogens is 2. The van der Waals surface area contributed by atoms with Gasteiger partial charge in [0.05, 0.1) is 16.4 Å². The van der Waals surface area contributed by atoms with Crippen molar-refractivity contribution >= 4 is 11.6 Å². The van der Waals surface area contributed by atoms with E-state index in [4.69, 9.17) is 11.6 Å². The lowest BCUT2D eigenvalue weighted by Crippen LogP contribution is -2.19. The van der Waals surface area contributed by atoms with Gasteiger partial charge in [-0.25, -0.2) is 0 Å². The second-order valence-corrected chi connectivity index (χ2v) is 5.82. The van der Waals surface area contributed by atoms with Crippen LogP contribution in [0, 0.1) is 6.92 Å². The molecule has 0 aliphatic rings. The second kappa shape index (κ2) is 7.62. The Labute approximate surface area is 132 Å². The van der Waals surface area contributed by atoms with E-state index in [1.807, 2.05) is 11.6 Å². The molecule has 4 heteroatoms. The molecule has 21 heavy (non-hydrogen) atoms. The smallest absolute Gasteiger partial charge is 0.0860 e. The molecule has 0 bridgehead atoms. The molecule has 0 amide bonds. The van der Waals surface area contributed by atoms with Crippen LogP contribution < -0.4 is 5.32 Å². The SMILES string of the molecule is CCn1nc(C)c(Cl)c1CNCCC(C)c1ccccc1. The summed E-state index contributed by atoms with van der Waals surface area (Å²) in [6.45, 7) is 8.91. The molecule has 114 valence electrons. The maximum atomic E-state index is 6.31. The fourth-order valence-corrected chi connectivity index (χ4v) is 2.71. The van der Waals surface area contributed by atoms with Gasteiger partial charge in [-0.3, -0.25) is 4.68 Å². The topological polar surface area (TPSA) is 29.9 Å². The minimum Gasteiger partial charge on any atom is -0.311 e. The number of halogens is 1. The Morgan fingerprint density at radius 2 is 2.00 bits per heavy atom. The van der Waals surface area contributed by atoms with Gasteiger partial charge in [-0.05, 0) is 38.3 Å². The highest BCUT2D eigenvalue weighted by Gasteiger charge is 2.12. The summed E-state index contributed by atoms with van der Waals surface area (Å²) >= 11 is 6.31. The average Bonchev–Trinajstić information content (AvgIpc) is 2.79. The van der Waals surface area contributed by atoms with Gasteiger partial charge >= 0.3 is 0 Å². The molecule has 3 nitrogen and oxygen atoms in total. The van der Waals surface area contributed by atoms with Gasteiger partial charge in [0, 0.05) is 13.1 Å². The molecule has 1 N–H and O–H groups in total. The normalized spacial score (nSPS) is 12.6. The van der Waals surface area contributed by atoms with Gasteiger partial charge in [0.1, 0.15) is 0 Å². The molecule has 0 saturated heterocycles. The van der Waals surface area contributed by atoms with Crippen LogP contribution in [-0.4, -0.2) is 16.3 Å². The van der Waals surface area contributed by atoms with Gasteiger partial charge < -0.3 is 5.32 Å². The van der Waals surface area contributed by atoms with E-state index in [-0.39, 0.29) is 0 Å². The first-order valence-corrected chi connectivity index (χ1v) is 7.98. The Bertz CT molecular complexity index is 563. The highest BCUT2D eigenvalue weighted by Crippen LogP contribution is 2.20. The largest absolute Gasteiger partial charge is 0.311 e. The van der Waals surface area contributed by atoms with Crippen molar-refractivity contribution in [3.8, 4) is 0 Å². The Balaban J connectivity index is 1.83. The lowest BCUT2D eigenvalue weighted by Gasteiger charge is -2.13. The predicted molar refractivity (Wildman–Crippen MR) is 88.8 cm³/mol. The Hall–Kier alpha value is -1.32. The second-order valence-electron chi connectivity index (χ2n) is 5.44. The molecule has 0 radical (unpaired) electrons. The number of hydrogen-bond acceptors (Lipinski definition) is 2. The van der Waals surface area contributed by atoms with Crippen molar-refractivity contribution in [2.45, 2.75) is 46.2 Å². The number of nitrogens with one attached hydrogen (secondary N) is 1. The van der Waals surface area contributed by atoms with Crippen LogP contribution in [0.4, 0.5) is 0 Å². The van der Waals surface area contributed by atoms with Crippen molar-refractivity contribution in [3.05, 3.63) is 52.3 Å². The van der Waals surface area contributed by atoms with Gasteiger partial charge in [-0.2, -0.15) is 5.10 Å². The van der Waals surface area contributed by atoms with Crippen LogP contribution in [0.3, 0.4) is 0 Å². The molecule has 1 aromatic carbocycles. The predicted octanol–water partition coefficient (Wildman–Crippen LogP) is 4.15. The highest BCUT2D eigenvalue weighted by molar-refractivity contribution is 6.31. The van der Waals surface area contributed by atoms with E-state index in [1.54, 1.807) is 0 Å². The summed E-state index contributed by atoms with van der Waals surface area (Å²) in [5, 5.41) is 8.71. The Kier molecular flexibility index (Phi) is 5.83. The summed E-state index contributed by atoms with van der Waals surface area (Å²) < 4.78 is 1.98. The van der Waals surface area contributed by atoms with Crippen LogP contribution >= 0.6 is 11.6 Å². The monoisotopic (exact) mass is 305 g/mol. The molecule has 0 aliphatic heterocycles. The van der Waals surface area contributed by atoms with Crippen molar-refractivity contribution in [1.82, 2.24) is 15.1 Å². The highest BCUT2D eigenvalue weighted by atomic mass is 35.5. The van der Waals surface area contributed by atoms with Gasteiger partial charge in [-0.15, -0.1) is 0 Å². The Morgan fingerprint density at radius 3 is 2.67 bits per heavy atom. The molecular weight excluding hydrogens is 282 g/mol. The number of rotatable bonds is 7. The average molecular weight is 306 g/mol. The number of nitrogens with zero attached hydrogens (tertiary/aromatic N) is 2. The summed E-state index contributed by atoms with van der Waals surface area (Å²) in [6.07, 6.45) is 1.11. The first kappa shape index (κ1) is 16.1. The Morgan fingerprint density at radius 1 is 1.29 bits per heavy atom.